The predicted molar refractivity (Wildman–Crippen MR) is 110 cm³/mol. The fourth-order valence-electron chi connectivity index (χ4n) is 3.68. The van der Waals surface area contributed by atoms with Gasteiger partial charge in [0.15, 0.2) is 0 Å². The largest absolute Gasteiger partial charge is 0.456 e. The lowest BCUT2D eigenvalue weighted by atomic mass is 9.85. The molecule has 2 aliphatic rings. The van der Waals surface area contributed by atoms with Gasteiger partial charge in [-0.3, -0.25) is 14.5 Å². The van der Waals surface area contributed by atoms with Crippen LogP contribution in [0, 0.1) is 11.7 Å². The minimum atomic E-state index is -0.698. The topological polar surface area (TPSA) is 75.7 Å². The first-order valence-electron chi connectivity index (χ1n) is 9.90. The van der Waals surface area contributed by atoms with Gasteiger partial charge in [-0.2, -0.15) is 0 Å². The molecule has 0 spiro atoms. The predicted octanol–water partition coefficient (Wildman–Crippen LogP) is 2.86. The van der Waals surface area contributed by atoms with E-state index in [-0.39, 0.29) is 43.0 Å². The van der Waals surface area contributed by atoms with Gasteiger partial charge in [0.25, 0.3) is 5.91 Å². The highest BCUT2D eigenvalue weighted by Crippen LogP contribution is 2.31. The van der Waals surface area contributed by atoms with Crippen LogP contribution in [-0.2, 0) is 32.3 Å². The molecule has 0 aliphatic carbocycles. The lowest BCUT2D eigenvalue weighted by Crippen LogP contribution is -2.48. The molecule has 1 unspecified atom stereocenters. The van der Waals surface area contributed by atoms with Crippen LogP contribution in [0.2, 0.25) is 0 Å². The van der Waals surface area contributed by atoms with Crippen LogP contribution in [0.1, 0.15) is 18.1 Å². The summed E-state index contributed by atoms with van der Waals surface area (Å²) in [5, 5.41) is 2.95. The molecule has 0 fully saturated rings. The Morgan fingerprint density at radius 2 is 1.81 bits per heavy atom. The number of esters is 1. The van der Waals surface area contributed by atoms with Crippen molar-refractivity contribution in [3.8, 4) is 0 Å². The number of nitrogens with zero attached hydrogens (tertiary/aromatic N) is 1. The zero-order valence-electron chi connectivity index (χ0n) is 16.9. The Kier molecular flexibility index (Phi) is 5.66. The van der Waals surface area contributed by atoms with Gasteiger partial charge in [-0.1, -0.05) is 42.5 Å². The van der Waals surface area contributed by atoms with Crippen molar-refractivity contribution in [1.29, 1.82) is 0 Å². The first-order valence-corrected chi connectivity index (χ1v) is 9.90. The summed E-state index contributed by atoms with van der Waals surface area (Å²) in [5.41, 5.74) is 2.83. The number of rotatable bonds is 5. The zero-order chi connectivity index (χ0) is 22.0. The Hall–Kier alpha value is -3.74. The van der Waals surface area contributed by atoms with Crippen molar-refractivity contribution in [2.45, 2.75) is 20.1 Å². The maximum atomic E-state index is 13.1. The Balaban J connectivity index is 1.51. The Morgan fingerprint density at radius 3 is 2.52 bits per heavy atom. The molecule has 2 heterocycles. The molecule has 2 aromatic rings. The molecule has 0 bridgehead atoms. The second-order valence-corrected chi connectivity index (χ2v) is 7.48. The molecule has 0 saturated heterocycles. The molecule has 2 aromatic carbocycles. The third kappa shape index (κ3) is 4.26. The second kappa shape index (κ2) is 8.55. The smallest absolute Gasteiger partial charge is 0.354 e. The number of fused-ring (bicyclic) bond motifs is 1. The van der Waals surface area contributed by atoms with E-state index in [0.29, 0.717) is 16.7 Å². The van der Waals surface area contributed by atoms with Gasteiger partial charge in [0, 0.05) is 12.1 Å². The van der Waals surface area contributed by atoms with E-state index in [1.165, 1.54) is 35.2 Å². The highest BCUT2D eigenvalue weighted by molar-refractivity contribution is 6.10. The van der Waals surface area contributed by atoms with Crippen LogP contribution in [0.25, 0.3) is 0 Å². The third-order valence-corrected chi connectivity index (χ3v) is 5.44. The molecule has 2 amide bonds. The highest BCUT2D eigenvalue weighted by atomic mass is 19.1. The first-order chi connectivity index (χ1) is 14.9. The van der Waals surface area contributed by atoms with Gasteiger partial charge >= 0.3 is 5.97 Å². The number of halogens is 1. The number of imide groups is 1. The van der Waals surface area contributed by atoms with Gasteiger partial charge in [0.05, 0.1) is 12.5 Å². The summed E-state index contributed by atoms with van der Waals surface area (Å²) in [6.07, 6.45) is 1.52. The number of nitrogens with one attached hydrogen (secondary N) is 1. The van der Waals surface area contributed by atoms with E-state index in [1.54, 1.807) is 6.92 Å². The number of carbonyl (C=O) groups is 3. The van der Waals surface area contributed by atoms with Gasteiger partial charge in [-0.05, 0) is 41.8 Å². The van der Waals surface area contributed by atoms with Crippen LogP contribution >= 0.6 is 0 Å². The van der Waals surface area contributed by atoms with Crippen LogP contribution in [0.5, 0.6) is 0 Å². The summed E-state index contributed by atoms with van der Waals surface area (Å²) in [4.78, 5) is 39.6. The minimum absolute atomic E-state index is 0.0168. The molecule has 2 aliphatic heterocycles. The molecule has 7 heteroatoms. The highest BCUT2D eigenvalue weighted by Gasteiger charge is 2.40. The summed E-state index contributed by atoms with van der Waals surface area (Å²) < 4.78 is 18.3. The quantitative estimate of drug-likeness (QED) is 0.595. The number of hydrogen-bond donors (Lipinski definition) is 1. The van der Waals surface area contributed by atoms with E-state index in [0.717, 1.165) is 5.56 Å². The summed E-state index contributed by atoms with van der Waals surface area (Å²) in [5.74, 6) is -2.36. The molecule has 1 atom stereocenters. The van der Waals surface area contributed by atoms with Gasteiger partial charge in [0.1, 0.15) is 18.1 Å². The summed E-state index contributed by atoms with van der Waals surface area (Å²) in [6, 6.07) is 14.9. The van der Waals surface area contributed by atoms with Crippen LogP contribution in [0.4, 0.5) is 4.39 Å². The van der Waals surface area contributed by atoms with E-state index < -0.39 is 11.9 Å². The van der Waals surface area contributed by atoms with Gasteiger partial charge < -0.3 is 10.1 Å². The van der Waals surface area contributed by atoms with Gasteiger partial charge in [0.2, 0.25) is 5.91 Å². The summed E-state index contributed by atoms with van der Waals surface area (Å²) >= 11 is 0. The molecule has 158 valence electrons. The van der Waals surface area contributed by atoms with E-state index in [1.807, 2.05) is 30.3 Å². The minimum Gasteiger partial charge on any atom is -0.456 e. The van der Waals surface area contributed by atoms with Gasteiger partial charge in [-0.15, -0.1) is 0 Å². The number of hydrogen-bond acceptors (Lipinski definition) is 5. The number of carbonyl (C=O) groups excluding carboxylic acids is 3. The standard InChI is InChI=1S/C24H21FN2O4/c1-15-20-12-26-21(24(30)31-14-17-7-9-18(25)10-8-17)11-19(20)23(29)27(22(15)28)13-16-5-3-2-4-6-16/h2-11,19,26H,12-14H2,1H3. The molecule has 31 heavy (non-hydrogen) atoms. The van der Waals surface area contributed by atoms with Crippen molar-refractivity contribution in [2.24, 2.45) is 5.92 Å². The monoisotopic (exact) mass is 420 g/mol. The van der Waals surface area contributed by atoms with Crippen LogP contribution in [0.3, 0.4) is 0 Å². The van der Waals surface area contributed by atoms with E-state index in [2.05, 4.69) is 5.32 Å². The molecular weight excluding hydrogens is 399 g/mol. The lowest BCUT2D eigenvalue weighted by Gasteiger charge is -2.35. The van der Waals surface area contributed by atoms with Crippen molar-refractivity contribution in [2.75, 3.05) is 6.54 Å². The van der Waals surface area contributed by atoms with E-state index >= 15 is 0 Å². The third-order valence-electron chi connectivity index (χ3n) is 5.44. The molecule has 1 N–H and O–H groups in total. The second-order valence-electron chi connectivity index (χ2n) is 7.48. The average molecular weight is 420 g/mol. The fourth-order valence-corrected chi connectivity index (χ4v) is 3.68. The van der Waals surface area contributed by atoms with E-state index in [9.17, 15) is 18.8 Å². The van der Waals surface area contributed by atoms with E-state index in [4.69, 9.17) is 4.74 Å². The summed E-state index contributed by atoms with van der Waals surface area (Å²) in [6.45, 7) is 2.06. The van der Waals surface area contributed by atoms with Crippen molar-refractivity contribution in [3.63, 3.8) is 0 Å². The van der Waals surface area contributed by atoms with Gasteiger partial charge in [-0.25, -0.2) is 9.18 Å². The van der Waals surface area contributed by atoms with Crippen LogP contribution in [-0.4, -0.2) is 29.2 Å². The van der Waals surface area contributed by atoms with Crippen molar-refractivity contribution < 1.29 is 23.5 Å². The number of benzene rings is 2. The van der Waals surface area contributed by atoms with Crippen LogP contribution in [0.15, 0.2) is 77.5 Å². The summed E-state index contributed by atoms with van der Waals surface area (Å²) in [7, 11) is 0. The maximum Gasteiger partial charge on any atom is 0.354 e. The SMILES string of the molecule is CC1=C2CNC(C(=O)OCc3ccc(F)cc3)=CC2C(=O)N(Cc2ccccc2)C1=O. The van der Waals surface area contributed by atoms with Crippen molar-refractivity contribution in [3.05, 3.63) is 94.5 Å². The maximum absolute atomic E-state index is 13.1. The molecule has 4 rings (SSSR count). The normalized spacial score (nSPS) is 18.3. The Labute approximate surface area is 179 Å². The number of amides is 2. The molecule has 0 saturated carbocycles. The van der Waals surface area contributed by atoms with Crippen molar-refractivity contribution >= 4 is 17.8 Å². The average Bonchev–Trinajstić information content (AvgIpc) is 2.80. The molecule has 0 radical (unpaired) electrons. The molecule has 6 nitrogen and oxygen atoms in total. The lowest BCUT2D eigenvalue weighted by molar-refractivity contribution is -0.146. The molecule has 0 aromatic heterocycles. The van der Waals surface area contributed by atoms with Crippen LogP contribution < -0.4 is 5.32 Å². The first kappa shape index (κ1) is 20.5. The van der Waals surface area contributed by atoms with Crippen molar-refractivity contribution in [1.82, 2.24) is 10.2 Å². The Morgan fingerprint density at radius 1 is 1.10 bits per heavy atom. The zero-order valence-corrected chi connectivity index (χ0v) is 16.9. The Bertz CT molecular complexity index is 1090. The number of ether oxygens (including phenoxy) is 1. The fraction of sp³-hybridized carbons (Fsp3) is 0.208. The molecular formula is C24H21FN2O4.